The summed E-state index contributed by atoms with van der Waals surface area (Å²) in [4.78, 5) is 14.8. The molecule has 1 aliphatic carbocycles. The average Bonchev–Trinajstić information content (AvgIpc) is 3.51. The Morgan fingerprint density at radius 3 is 2.77 bits per heavy atom. The number of aromatic amines is 1. The molecule has 9 nitrogen and oxygen atoms in total. The number of aromatic nitrogens is 6. The van der Waals surface area contributed by atoms with E-state index in [9.17, 15) is 4.79 Å². The molecular weight excluding hydrogens is 392 g/mol. The summed E-state index contributed by atoms with van der Waals surface area (Å²) in [7, 11) is 0. The van der Waals surface area contributed by atoms with Crippen molar-refractivity contribution < 1.29 is 4.79 Å². The normalized spacial score (nSPS) is 15.8. The Balaban J connectivity index is 1.19. The van der Waals surface area contributed by atoms with E-state index in [2.05, 4.69) is 55.2 Å². The molecule has 2 aliphatic rings. The Morgan fingerprint density at radius 1 is 1.13 bits per heavy atom. The fraction of sp³-hybridized carbons (Fsp3) is 0.318. The minimum atomic E-state index is 0.0590. The molecule has 9 heteroatoms. The third kappa shape index (κ3) is 3.22. The van der Waals surface area contributed by atoms with Crippen LogP contribution >= 0.6 is 0 Å². The van der Waals surface area contributed by atoms with Gasteiger partial charge in [0.1, 0.15) is 12.2 Å². The zero-order valence-corrected chi connectivity index (χ0v) is 17.0. The molecule has 1 aromatic carbocycles. The first-order valence-corrected chi connectivity index (χ1v) is 10.5. The van der Waals surface area contributed by atoms with Crippen LogP contribution in [0.25, 0.3) is 10.9 Å². The van der Waals surface area contributed by atoms with Crippen molar-refractivity contribution in [2.75, 3.05) is 11.9 Å². The van der Waals surface area contributed by atoms with E-state index in [1.807, 2.05) is 21.7 Å². The van der Waals surface area contributed by atoms with Gasteiger partial charge in [-0.2, -0.15) is 20.5 Å². The molecule has 0 fully saturated rings. The van der Waals surface area contributed by atoms with Gasteiger partial charge in [-0.1, -0.05) is 24.3 Å². The summed E-state index contributed by atoms with van der Waals surface area (Å²) in [6.07, 6.45) is 6.35. The Morgan fingerprint density at radius 2 is 1.94 bits per heavy atom. The molecule has 4 heterocycles. The molecule has 156 valence electrons. The van der Waals surface area contributed by atoms with E-state index in [0.29, 0.717) is 19.1 Å². The number of rotatable bonds is 4. The number of benzene rings is 1. The molecule has 31 heavy (non-hydrogen) atoms. The third-order valence-corrected chi connectivity index (χ3v) is 6.31. The summed E-state index contributed by atoms with van der Waals surface area (Å²) in [6, 6.07) is 10.9. The second-order valence-corrected chi connectivity index (χ2v) is 8.24. The van der Waals surface area contributed by atoms with Crippen LogP contribution in [0.5, 0.6) is 0 Å². The van der Waals surface area contributed by atoms with Gasteiger partial charge >= 0.3 is 0 Å². The van der Waals surface area contributed by atoms with Crippen molar-refractivity contribution >= 4 is 22.6 Å². The number of fused-ring (bicyclic) bond motifs is 3. The van der Waals surface area contributed by atoms with Gasteiger partial charge in [0.25, 0.3) is 0 Å². The molecule has 0 spiro atoms. The zero-order chi connectivity index (χ0) is 20.8. The number of nitrogens with one attached hydrogen (secondary N) is 2. The minimum absolute atomic E-state index is 0.0590. The van der Waals surface area contributed by atoms with Gasteiger partial charge in [-0.05, 0) is 30.0 Å². The van der Waals surface area contributed by atoms with E-state index >= 15 is 0 Å². The fourth-order valence-electron chi connectivity index (χ4n) is 4.68. The number of carbonyl (C=O) groups excluding carboxylic acids is 1. The van der Waals surface area contributed by atoms with Gasteiger partial charge in [0.05, 0.1) is 24.0 Å². The van der Waals surface area contributed by atoms with Gasteiger partial charge in [0, 0.05) is 30.6 Å². The predicted octanol–water partition coefficient (Wildman–Crippen LogP) is 1.71. The first-order valence-electron chi connectivity index (χ1n) is 10.5. The summed E-state index contributed by atoms with van der Waals surface area (Å²) in [5.41, 5.74) is 5.49. The molecule has 0 atom stereocenters. The van der Waals surface area contributed by atoms with Gasteiger partial charge in [-0.15, -0.1) is 5.10 Å². The van der Waals surface area contributed by atoms with Crippen molar-refractivity contribution in [1.29, 1.82) is 0 Å². The average molecular weight is 414 g/mol. The number of hydrogen-bond donors (Lipinski definition) is 2. The summed E-state index contributed by atoms with van der Waals surface area (Å²) >= 11 is 0. The second kappa shape index (κ2) is 7.19. The van der Waals surface area contributed by atoms with Crippen LogP contribution in [0, 0.1) is 0 Å². The van der Waals surface area contributed by atoms with Crippen molar-refractivity contribution in [3.05, 3.63) is 65.2 Å². The highest BCUT2D eigenvalue weighted by Crippen LogP contribution is 2.27. The SMILES string of the molecule is O=C(Cn1ccc2c(NC3Cc4ccccc4C3)nncc21)N1CCc2n[nH]nc2C1. The molecule has 0 radical (unpaired) electrons. The Hall–Kier alpha value is -3.75. The Bertz CT molecular complexity index is 1250. The molecule has 1 aliphatic heterocycles. The number of H-pyrrole nitrogens is 1. The Labute approximate surface area is 178 Å². The van der Waals surface area contributed by atoms with Gasteiger partial charge in [-0.25, -0.2) is 0 Å². The number of anilines is 1. The van der Waals surface area contributed by atoms with Crippen molar-refractivity contribution in [2.45, 2.75) is 38.4 Å². The molecule has 0 saturated heterocycles. The fourth-order valence-corrected chi connectivity index (χ4v) is 4.68. The van der Waals surface area contributed by atoms with E-state index in [1.165, 1.54) is 11.1 Å². The van der Waals surface area contributed by atoms with E-state index in [-0.39, 0.29) is 12.5 Å². The van der Waals surface area contributed by atoms with Crippen molar-refractivity contribution in [3.8, 4) is 0 Å². The standard InChI is InChI=1S/C22H22N8O/c31-21(30-8-6-18-19(12-30)26-28-25-18)13-29-7-5-17-20(29)11-23-27-22(17)24-16-9-14-3-1-2-4-15(14)10-16/h1-5,7,11,16H,6,8-10,12-13H2,(H,24,27)(H,25,26,28). The van der Waals surface area contributed by atoms with Crippen LogP contribution in [0.1, 0.15) is 22.5 Å². The number of hydrogen-bond acceptors (Lipinski definition) is 6. The number of amides is 1. The lowest BCUT2D eigenvalue weighted by atomic mass is 10.1. The van der Waals surface area contributed by atoms with E-state index < -0.39 is 0 Å². The summed E-state index contributed by atoms with van der Waals surface area (Å²) < 4.78 is 1.94. The molecule has 0 bridgehead atoms. The lowest BCUT2D eigenvalue weighted by Crippen LogP contribution is -2.38. The first kappa shape index (κ1) is 18.1. The molecule has 2 N–H and O–H groups in total. The second-order valence-electron chi connectivity index (χ2n) is 8.24. The lowest BCUT2D eigenvalue weighted by Gasteiger charge is -2.25. The van der Waals surface area contributed by atoms with Crippen LogP contribution < -0.4 is 5.32 Å². The molecule has 6 rings (SSSR count). The lowest BCUT2D eigenvalue weighted by molar-refractivity contribution is -0.132. The zero-order valence-electron chi connectivity index (χ0n) is 17.0. The smallest absolute Gasteiger partial charge is 0.242 e. The molecule has 3 aromatic heterocycles. The molecule has 0 unspecified atom stereocenters. The minimum Gasteiger partial charge on any atom is -0.365 e. The predicted molar refractivity (Wildman–Crippen MR) is 114 cm³/mol. The first-order chi connectivity index (χ1) is 15.2. The van der Waals surface area contributed by atoms with E-state index in [0.717, 1.165) is 47.4 Å². The topological polar surface area (TPSA) is 105 Å². The largest absolute Gasteiger partial charge is 0.365 e. The van der Waals surface area contributed by atoms with Crippen LogP contribution in [0.4, 0.5) is 5.82 Å². The quantitative estimate of drug-likeness (QED) is 0.527. The van der Waals surface area contributed by atoms with Crippen molar-refractivity contribution in [1.82, 2.24) is 35.1 Å². The van der Waals surface area contributed by atoms with E-state index in [1.54, 1.807) is 6.20 Å². The highest BCUT2D eigenvalue weighted by atomic mass is 16.2. The maximum Gasteiger partial charge on any atom is 0.242 e. The molecule has 1 amide bonds. The monoisotopic (exact) mass is 414 g/mol. The van der Waals surface area contributed by atoms with Gasteiger partial charge < -0.3 is 14.8 Å². The van der Waals surface area contributed by atoms with Crippen LogP contribution in [-0.2, 0) is 37.1 Å². The van der Waals surface area contributed by atoms with Crippen molar-refractivity contribution in [2.24, 2.45) is 0 Å². The maximum absolute atomic E-state index is 12.9. The van der Waals surface area contributed by atoms with Gasteiger partial charge in [0.15, 0.2) is 5.82 Å². The number of carbonyl (C=O) groups is 1. The van der Waals surface area contributed by atoms with E-state index in [4.69, 9.17) is 0 Å². The van der Waals surface area contributed by atoms with Crippen LogP contribution in [0.15, 0.2) is 42.7 Å². The van der Waals surface area contributed by atoms with Crippen LogP contribution in [0.3, 0.4) is 0 Å². The van der Waals surface area contributed by atoms with Crippen LogP contribution in [-0.4, -0.2) is 53.6 Å². The van der Waals surface area contributed by atoms with Gasteiger partial charge in [-0.3, -0.25) is 4.79 Å². The van der Waals surface area contributed by atoms with Crippen molar-refractivity contribution in [3.63, 3.8) is 0 Å². The number of nitrogens with zero attached hydrogens (tertiary/aromatic N) is 6. The summed E-state index contributed by atoms with van der Waals surface area (Å²) in [5, 5.41) is 24.0. The summed E-state index contributed by atoms with van der Waals surface area (Å²) in [5.74, 6) is 0.829. The highest BCUT2D eigenvalue weighted by Gasteiger charge is 2.25. The molecule has 0 saturated carbocycles. The Kier molecular flexibility index (Phi) is 4.19. The third-order valence-electron chi connectivity index (χ3n) is 6.31. The molecule has 4 aromatic rings. The molecular formula is C22H22N8O. The highest BCUT2D eigenvalue weighted by molar-refractivity contribution is 5.90. The summed E-state index contributed by atoms with van der Waals surface area (Å²) in [6.45, 7) is 1.42. The van der Waals surface area contributed by atoms with Gasteiger partial charge in [0.2, 0.25) is 5.91 Å². The van der Waals surface area contributed by atoms with Crippen LogP contribution in [0.2, 0.25) is 0 Å². The maximum atomic E-state index is 12.9.